The first-order valence-electron chi connectivity index (χ1n) is 5.27. The minimum atomic E-state index is -0.926. The molecular formula is C12H15F2NO2. The SMILES string of the molecule is COC(=O)c1cc(NCC(C)C)c(F)cc1F. The fourth-order valence-corrected chi connectivity index (χ4v) is 1.26. The minimum Gasteiger partial charge on any atom is -0.465 e. The van der Waals surface area contributed by atoms with E-state index in [0.29, 0.717) is 18.5 Å². The Kier molecular flexibility index (Phi) is 4.43. The van der Waals surface area contributed by atoms with Gasteiger partial charge in [-0.2, -0.15) is 0 Å². The van der Waals surface area contributed by atoms with Gasteiger partial charge in [-0.3, -0.25) is 0 Å². The third-order valence-electron chi connectivity index (χ3n) is 2.16. The van der Waals surface area contributed by atoms with Crippen molar-refractivity contribution in [3.63, 3.8) is 0 Å². The molecule has 0 spiro atoms. The van der Waals surface area contributed by atoms with Crippen LogP contribution in [0, 0.1) is 17.6 Å². The van der Waals surface area contributed by atoms with Crippen molar-refractivity contribution < 1.29 is 18.3 Å². The molecule has 0 saturated carbocycles. The Morgan fingerprint density at radius 1 is 1.35 bits per heavy atom. The molecule has 0 amide bonds. The van der Waals surface area contributed by atoms with Crippen LogP contribution in [0.1, 0.15) is 24.2 Å². The van der Waals surface area contributed by atoms with Crippen molar-refractivity contribution in [2.75, 3.05) is 19.0 Å². The normalized spacial score (nSPS) is 10.5. The second-order valence-electron chi connectivity index (χ2n) is 4.08. The largest absolute Gasteiger partial charge is 0.465 e. The smallest absolute Gasteiger partial charge is 0.340 e. The summed E-state index contributed by atoms with van der Waals surface area (Å²) in [7, 11) is 1.15. The number of anilines is 1. The van der Waals surface area contributed by atoms with Crippen molar-refractivity contribution in [2.24, 2.45) is 5.92 Å². The summed E-state index contributed by atoms with van der Waals surface area (Å²) < 4.78 is 31.1. The lowest BCUT2D eigenvalue weighted by molar-refractivity contribution is 0.0595. The van der Waals surface area contributed by atoms with Crippen LogP contribution in [0.15, 0.2) is 12.1 Å². The molecule has 0 aliphatic rings. The first-order chi connectivity index (χ1) is 7.95. The molecule has 0 atom stereocenters. The highest BCUT2D eigenvalue weighted by atomic mass is 19.1. The predicted molar refractivity (Wildman–Crippen MR) is 61.0 cm³/mol. The molecule has 0 aliphatic carbocycles. The fraction of sp³-hybridized carbons (Fsp3) is 0.417. The quantitative estimate of drug-likeness (QED) is 0.826. The molecule has 17 heavy (non-hydrogen) atoms. The Morgan fingerprint density at radius 2 is 2.00 bits per heavy atom. The van der Waals surface area contributed by atoms with Crippen molar-refractivity contribution in [1.82, 2.24) is 0 Å². The number of benzene rings is 1. The number of ether oxygens (including phenoxy) is 1. The van der Waals surface area contributed by atoms with Gasteiger partial charge >= 0.3 is 5.97 Å². The van der Waals surface area contributed by atoms with Crippen molar-refractivity contribution in [3.05, 3.63) is 29.3 Å². The van der Waals surface area contributed by atoms with E-state index in [4.69, 9.17) is 0 Å². The van der Waals surface area contributed by atoms with Crippen LogP contribution in [-0.4, -0.2) is 19.6 Å². The summed E-state index contributed by atoms with van der Waals surface area (Å²) in [4.78, 5) is 11.2. The molecule has 3 nitrogen and oxygen atoms in total. The average molecular weight is 243 g/mol. The highest BCUT2D eigenvalue weighted by Gasteiger charge is 2.16. The van der Waals surface area contributed by atoms with Crippen LogP contribution in [0.4, 0.5) is 14.5 Å². The molecule has 1 aromatic rings. The Hall–Kier alpha value is -1.65. The summed E-state index contributed by atoms with van der Waals surface area (Å²) in [5.41, 5.74) is -0.180. The monoisotopic (exact) mass is 243 g/mol. The number of hydrogen-bond donors (Lipinski definition) is 1. The molecule has 1 rings (SSSR count). The van der Waals surface area contributed by atoms with Crippen LogP contribution in [0.5, 0.6) is 0 Å². The lowest BCUT2D eigenvalue weighted by atomic mass is 10.1. The second-order valence-corrected chi connectivity index (χ2v) is 4.08. The molecule has 0 bridgehead atoms. The van der Waals surface area contributed by atoms with Crippen LogP contribution in [0.2, 0.25) is 0 Å². The Bertz CT molecular complexity index is 419. The Balaban J connectivity index is 3.01. The first kappa shape index (κ1) is 13.4. The van der Waals surface area contributed by atoms with Crippen LogP contribution in [-0.2, 0) is 4.74 Å². The van der Waals surface area contributed by atoms with E-state index < -0.39 is 17.6 Å². The lowest BCUT2D eigenvalue weighted by Crippen LogP contribution is -2.12. The number of halogens is 2. The van der Waals surface area contributed by atoms with Crippen molar-refractivity contribution in [2.45, 2.75) is 13.8 Å². The van der Waals surface area contributed by atoms with Crippen LogP contribution in [0.25, 0.3) is 0 Å². The molecule has 0 saturated heterocycles. The van der Waals surface area contributed by atoms with E-state index in [1.165, 1.54) is 0 Å². The van der Waals surface area contributed by atoms with Gasteiger partial charge < -0.3 is 10.1 Å². The maximum Gasteiger partial charge on any atom is 0.340 e. The number of nitrogens with one attached hydrogen (secondary N) is 1. The molecular weight excluding hydrogens is 228 g/mol. The highest BCUT2D eigenvalue weighted by molar-refractivity contribution is 5.90. The van der Waals surface area contributed by atoms with Crippen LogP contribution < -0.4 is 5.32 Å². The van der Waals surface area contributed by atoms with Gasteiger partial charge in [-0.15, -0.1) is 0 Å². The predicted octanol–water partition coefficient (Wildman–Crippen LogP) is 2.82. The molecule has 0 fully saturated rings. The topological polar surface area (TPSA) is 38.3 Å². The maximum absolute atomic E-state index is 13.4. The van der Waals surface area contributed by atoms with Gasteiger partial charge in [-0.05, 0) is 12.0 Å². The zero-order valence-corrected chi connectivity index (χ0v) is 10.0. The van der Waals surface area contributed by atoms with E-state index in [0.717, 1.165) is 13.2 Å². The number of hydrogen-bond acceptors (Lipinski definition) is 3. The fourth-order valence-electron chi connectivity index (χ4n) is 1.26. The zero-order chi connectivity index (χ0) is 13.0. The molecule has 0 aromatic heterocycles. The second kappa shape index (κ2) is 5.61. The molecule has 0 heterocycles. The molecule has 5 heteroatoms. The third-order valence-corrected chi connectivity index (χ3v) is 2.16. The standard InChI is InChI=1S/C12H15F2NO2/c1-7(2)6-15-11-4-8(12(16)17-3)9(13)5-10(11)14/h4-5,7,15H,6H2,1-3H3. The highest BCUT2D eigenvalue weighted by Crippen LogP contribution is 2.20. The van der Waals surface area contributed by atoms with E-state index in [1.54, 1.807) is 0 Å². The van der Waals surface area contributed by atoms with Gasteiger partial charge in [0.05, 0.1) is 18.4 Å². The first-order valence-corrected chi connectivity index (χ1v) is 5.27. The van der Waals surface area contributed by atoms with E-state index >= 15 is 0 Å². The van der Waals surface area contributed by atoms with Gasteiger partial charge in [-0.1, -0.05) is 13.8 Å². The average Bonchev–Trinajstić information content (AvgIpc) is 2.26. The Labute approximate surface area is 98.8 Å². The number of esters is 1. The maximum atomic E-state index is 13.4. The molecule has 0 radical (unpaired) electrons. The van der Waals surface area contributed by atoms with Crippen LogP contribution >= 0.6 is 0 Å². The van der Waals surface area contributed by atoms with Gasteiger partial charge in [0.2, 0.25) is 0 Å². The summed E-state index contributed by atoms with van der Waals surface area (Å²) >= 11 is 0. The van der Waals surface area contributed by atoms with Gasteiger partial charge in [0, 0.05) is 12.6 Å². The van der Waals surface area contributed by atoms with Gasteiger partial charge in [0.25, 0.3) is 0 Å². The Morgan fingerprint density at radius 3 is 2.53 bits per heavy atom. The summed E-state index contributed by atoms with van der Waals surface area (Å²) in [6.45, 7) is 4.44. The number of rotatable bonds is 4. The number of carbonyl (C=O) groups is 1. The minimum absolute atomic E-state index is 0.0977. The molecule has 1 aromatic carbocycles. The molecule has 1 N–H and O–H groups in total. The summed E-state index contributed by atoms with van der Waals surface area (Å²) in [6.07, 6.45) is 0. The molecule has 0 aliphatic heterocycles. The molecule has 94 valence electrons. The third kappa shape index (κ3) is 3.41. The van der Waals surface area contributed by atoms with Crippen molar-refractivity contribution in [3.8, 4) is 0 Å². The lowest BCUT2D eigenvalue weighted by Gasteiger charge is -2.11. The number of carbonyl (C=O) groups excluding carboxylic acids is 1. The van der Waals surface area contributed by atoms with Gasteiger partial charge in [0.15, 0.2) is 0 Å². The van der Waals surface area contributed by atoms with Crippen LogP contribution in [0.3, 0.4) is 0 Å². The van der Waals surface area contributed by atoms with Gasteiger partial charge in [-0.25, -0.2) is 13.6 Å². The number of methoxy groups -OCH3 is 1. The van der Waals surface area contributed by atoms with E-state index in [1.807, 2.05) is 13.8 Å². The summed E-state index contributed by atoms with van der Waals surface area (Å²) in [5, 5.41) is 2.81. The molecule has 0 unspecified atom stereocenters. The summed E-state index contributed by atoms with van der Waals surface area (Å²) in [6, 6.07) is 1.80. The summed E-state index contributed by atoms with van der Waals surface area (Å²) in [5.74, 6) is -2.17. The van der Waals surface area contributed by atoms with Crippen molar-refractivity contribution >= 4 is 11.7 Å². The van der Waals surface area contributed by atoms with Gasteiger partial charge in [0.1, 0.15) is 11.6 Å². The van der Waals surface area contributed by atoms with E-state index in [2.05, 4.69) is 10.1 Å². The van der Waals surface area contributed by atoms with Crippen molar-refractivity contribution in [1.29, 1.82) is 0 Å². The van der Waals surface area contributed by atoms with E-state index in [-0.39, 0.29) is 11.3 Å². The van der Waals surface area contributed by atoms with E-state index in [9.17, 15) is 13.6 Å². The zero-order valence-electron chi connectivity index (χ0n) is 10.0.